The summed E-state index contributed by atoms with van der Waals surface area (Å²) in [4.78, 5) is 5.24. The Morgan fingerprint density at radius 3 is 3.04 bits per heavy atom. The van der Waals surface area contributed by atoms with E-state index in [0.717, 1.165) is 24.5 Å². The van der Waals surface area contributed by atoms with Gasteiger partial charge in [0, 0.05) is 37.8 Å². The summed E-state index contributed by atoms with van der Waals surface area (Å²) >= 11 is 0. The maximum absolute atomic E-state index is 9.31. The Balaban J connectivity index is 1.50. The zero-order chi connectivity index (χ0) is 17.0. The molecule has 2 unspecified atom stereocenters. The van der Waals surface area contributed by atoms with Gasteiger partial charge in [0.1, 0.15) is 11.8 Å². The molecule has 130 valence electrons. The molecule has 0 amide bonds. The quantitative estimate of drug-likeness (QED) is 0.854. The van der Waals surface area contributed by atoms with E-state index < -0.39 is 0 Å². The Labute approximate surface area is 148 Å². The van der Waals surface area contributed by atoms with E-state index in [1.165, 1.54) is 31.6 Å². The summed E-state index contributed by atoms with van der Waals surface area (Å²) in [6.07, 6.45) is 4.43. The molecule has 3 aliphatic heterocycles. The molecule has 2 aromatic rings. The SMILES string of the molecule is C[C@@H]1CN(c2ccc(C#N)n3nccc23)C[C@@H]2C3CCCNC3CN12. The van der Waals surface area contributed by atoms with Gasteiger partial charge in [0.25, 0.3) is 0 Å². The van der Waals surface area contributed by atoms with Crippen molar-refractivity contribution in [2.24, 2.45) is 5.92 Å². The van der Waals surface area contributed by atoms with Crippen LogP contribution in [-0.4, -0.2) is 58.8 Å². The van der Waals surface area contributed by atoms with Crippen LogP contribution >= 0.6 is 0 Å². The van der Waals surface area contributed by atoms with E-state index in [0.29, 0.717) is 23.8 Å². The maximum Gasteiger partial charge on any atom is 0.142 e. The maximum atomic E-state index is 9.31. The molecular formula is C19H24N6. The predicted molar refractivity (Wildman–Crippen MR) is 96.6 cm³/mol. The molecule has 0 saturated carbocycles. The number of pyridine rings is 1. The first-order valence-corrected chi connectivity index (χ1v) is 9.37. The van der Waals surface area contributed by atoms with Gasteiger partial charge in [-0.3, -0.25) is 4.90 Å². The fourth-order valence-electron chi connectivity index (χ4n) is 5.27. The Morgan fingerprint density at radius 1 is 1.24 bits per heavy atom. The van der Waals surface area contributed by atoms with Crippen LogP contribution in [0.3, 0.4) is 0 Å². The Bertz CT molecular complexity index is 834. The lowest BCUT2D eigenvalue weighted by molar-refractivity contribution is 0.143. The molecule has 3 aliphatic rings. The molecule has 5 rings (SSSR count). The molecule has 0 radical (unpaired) electrons. The smallest absolute Gasteiger partial charge is 0.142 e. The highest BCUT2D eigenvalue weighted by molar-refractivity contribution is 5.74. The number of nitrogens with zero attached hydrogens (tertiary/aromatic N) is 5. The highest BCUT2D eigenvalue weighted by Gasteiger charge is 2.47. The topological polar surface area (TPSA) is 59.6 Å². The van der Waals surface area contributed by atoms with Crippen LogP contribution in [0.1, 0.15) is 25.5 Å². The Hall–Kier alpha value is -2.10. The van der Waals surface area contributed by atoms with Crippen molar-refractivity contribution in [1.82, 2.24) is 19.8 Å². The summed E-state index contributed by atoms with van der Waals surface area (Å²) in [6.45, 7) is 6.82. The van der Waals surface area contributed by atoms with Crippen LogP contribution in [0.5, 0.6) is 0 Å². The third-order valence-electron chi connectivity index (χ3n) is 6.41. The number of hydrogen-bond acceptors (Lipinski definition) is 5. The van der Waals surface area contributed by atoms with E-state index in [1.807, 2.05) is 12.1 Å². The minimum absolute atomic E-state index is 0.546. The first-order valence-electron chi connectivity index (χ1n) is 9.37. The Kier molecular flexibility index (Phi) is 3.47. The predicted octanol–water partition coefficient (Wildman–Crippen LogP) is 1.47. The van der Waals surface area contributed by atoms with Gasteiger partial charge in [-0.25, -0.2) is 4.52 Å². The lowest BCUT2D eigenvalue weighted by Crippen LogP contribution is -2.56. The molecule has 25 heavy (non-hydrogen) atoms. The lowest BCUT2D eigenvalue weighted by Gasteiger charge is -2.45. The average molecular weight is 336 g/mol. The van der Waals surface area contributed by atoms with E-state index >= 15 is 0 Å². The van der Waals surface area contributed by atoms with Crippen LogP contribution in [0.4, 0.5) is 5.69 Å². The van der Waals surface area contributed by atoms with E-state index in [-0.39, 0.29) is 0 Å². The second kappa shape index (κ2) is 5.72. The van der Waals surface area contributed by atoms with Crippen LogP contribution in [0.25, 0.3) is 5.52 Å². The molecule has 0 aromatic carbocycles. The molecule has 2 aromatic heterocycles. The number of rotatable bonds is 1. The monoisotopic (exact) mass is 336 g/mol. The molecule has 3 saturated heterocycles. The van der Waals surface area contributed by atoms with Crippen molar-refractivity contribution in [2.45, 2.75) is 37.9 Å². The van der Waals surface area contributed by atoms with Crippen LogP contribution in [0.2, 0.25) is 0 Å². The normalized spacial score (nSPS) is 32.4. The highest BCUT2D eigenvalue weighted by atomic mass is 15.4. The summed E-state index contributed by atoms with van der Waals surface area (Å²) in [5.41, 5.74) is 2.83. The molecule has 0 aliphatic carbocycles. The minimum atomic E-state index is 0.546. The molecule has 0 spiro atoms. The van der Waals surface area contributed by atoms with E-state index in [2.05, 4.69) is 39.3 Å². The van der Waals surface area contributed by atoms with Gasteiger partial charge >= 0.3 is 0 Å². The van der Waals surface area contributed by atoms with Crippen molar-refractivity contribution in [2.75, 3.05) is 31.1 Å². The van der Waals surface area contributed by atoms with Gasteiger partial charge in [0.05, 0.1) is 17.4 Å². The summed E-state index contributed by atoms with van der Waals surface area (Å²) in [5.74, 6) is 0.762. The third kappa shape index (κ3) is 2.26. The van der Waals surface area contributed by atoms with Gasteiger partial charge in [-0.05, 0) is 50.4 Å². The highest BCUT2D eigenvalue weighted by Crippen LogP contribution is 2.37. The zero-order valence-electron chi connectivity index (χ0n) is 14.6. The van der Waals surface area contributed by atoms with Gasteiger partial charge in [-0.15, -0.1) is 0 Å². The first-order chi connectivity index (χ1) is 12.3. The molecule has 1 N–H and O–H groups in total. The Morgan fingerprint density at radius 2 is 2.16 bits per heavy atom. The number of fused-ring (bicyclic) bond motifs is 4. The summed E-state index contributed by atoms with van der Waals surface area (Å²) in [5, 5.41) is 17.4. The lowest BCUT2D eigenvalue weighted by atomic mass is 9.87. The minimum Gasteiger partial charge on any atom is -0.367 e. The summed E-state index contributed by atoms with van der Waals surface area (Å²) in [7, 11) is 0. The van der Waals surface area contributed by atoms with Gasteiger partial charge < -0.3 is 10.2 Å². The second-order valence-electron chi connectivity index (χ2n) is 7.73. The van der Waals surface area contributed by atoms with Gasteiger partial charge in [0.2, 0.25) is 0 Å². The van der Waals surface area contributed by atoms with E-state index in [4.69, 9.17) is 0 Å². The number of anilines is 1. The molecule has 0 bridgehead atoms. The number of hydrogen-bond donors (Lipinski definition) is 1. The fourth-order valence-corrected chi connectivity index (χ4v) is 5.27. The number of nitriles is 1. The third-order valence-corrected chi connectivity index (χ3v) is 6.41. The van der Waals surface area contributed by atoms with E-state index in [1.54, 1.807) is 10.7 Å². The largest absolute Gasteiger partial charge is 0.367 e. The number of piperazine rings is 1. The second-order valence-corrected chi connectivity index (χ2v) is 7.73. The van der Waals surface area contributed by atoms with Gasteiger partial charge in [-0.1, -0.05) is 0 Å². The molecular weight excluding hydrogens is 312 g/mol. The number of piperidine rings is 1. The van der Waals surface area contributed by atoms with Crippen molar-refractivity contribution in [3.63, 3.8) is 0 Å². The van der Waals surface area contributed by atoms with Crippen LogP contribution in [0, 0.1) is 17.2 Å². The number of nitrogens with one attached hydrogen (secondary N) is 1. The van der Waals surface area contributed by atoms with Crippen molar-refractivity contribution in [1.29, 1.82) is 5.26 Å². The van der Waals surface area contributed by atoms with Gasteiger partial charge in [-0.2, -0.15) is 10.4 Å². The van der Waals surface area contributed by atoms with Crippen molar-refractivity contribution >= 4 is 11.2 Å². The molecule has 6 nitrogen and oxygen atoms in total. The first kappa shape index (κ1) is 15.2. The fraction of sp³-hybridized carbons (Fsp3) is 0.579. The van der Waals surface area contributed by atoms with Crippen LogP contribution < -0.4 is 10.2 Å². The average Bonchev–Trinajstić information content (AvgIpc) is 3.26. The van der Waals surface area contributed by atoms with Crippen LogP contribution in [0.15, 0.2) is 24.4 Å². The van der Waals surface area contributed by atoms with Crippen molar-refractivity contribution < 1.29 is 0 Å². The zero-order valence-corrected chi connectivity index (χ0v) is 14.6. The number of aromatic nitrogens is 2. The molecule has 3 fully saturated rings. The standard InChI is InChI=1S/C19H24N6/c1-13-10-23(12-19-15-3-2-7-21-16(15)11-24(13)19)17-5-4-14(9-20)25-18(17)6-8-22-25/h4-6,8,13,15-16,19,21H,2-3,7,10-12H2,1H3/t13-,15?,16?,19-/m1/s1. The molecule has 5 heterocycles. The van der Waals surface area contributed by atoms with Crippen molar-refractivity contribution in [3.05, 3.63) is 30.1 Å². The van der Waals surface area contributed by atoms with E-state index in [9.17, 15) is 5.26 Å². The molecule has 6 heteroatoms. The van der Waals surface area contributed by atoms with Crippen LogP contribution in [-0.2, 0) is 0 Å². The summed E-state index contributed by atoms with van der Waals surface area (Å²) in [6, 6.07) is 10.1. The molecule has 4 atom stereocenters. The summed E-state index contributed by atoms with van der Waals surface area (Å²) < 4.78 is 1.77. The van der Waals surface area contributed by atoms with Gasteiger partial charge in [0.15, 0.2) is 0 Å². The van der Waals surface area contributed by atoms with Crippen molar-refractivity contribution in [3.8, 4) is 6.07 Å².